The molecule has 1 aliphatic rings. The first kappa shape index (κ1) is 18.9. The van der Waals surface area contributed by atoms with Crippen LogP contribution >= 0.6 is 0 Å². The zero-order valence-electron chi connectivity index (χ0n) is 15.4. The first-order valence-corrected chi connectivity index (χ1v) is 8.52. The summed E-state index contributed by atoms with van der Waals surface area (Å²) < 4.78 is 10.2. The SMILES string of the molecule is CN=C(NCC(C)C(=O)OC)NC1CCN(c2ccccc2OC)C1. The van der Waals surface area contributed by atoms with E-state index in [2.05, 4.69) is 26.6 Å². The Bertz CT molecular complexity index is 606. The van der Waals surface area contributed by atoms with E-state index in [4.69, 9.17) is 9.47 Å². The van der Waals surface area contributed by atoms with E-state index >= 15 is 0 Å². The van der Waals surface area contributed by atoms with Crippen molar-refractivity contribution in [2.24, 2.45) is 10.9 Å². The molecule has 1 aromatic carbocycles. The summed E-state index contributed by atoms with van der Waals surface area (Å²) in [6, 6.07) is 8.33. The summed E-state index contributed by atoms with van der Waals surface area (Å²) >= 11 is 0. The summed E-state index contributed by atoms with van der Waals surface area (Å²) in [4.78, 5) is 18.0. The molecule has 2 atom stereocenters. The van der Waals surface area contributed by atoms with E-state index in [1.807, 2.05) is 25.1 Å². The number of aliphatic imine (C=N–C) groups is 1. The third kappa shape index (κ3) is 5.01. The van der Waals surface area contributed by atoms with Crippen LogP contribution in [0.4, 0.5) is 5.69 Å². The lowest BCUT2D eigenvalue weighted by Crippen LogP contribution is -2.46. The summed E-state index contributed by atoms with van der Waals surface area (Å²) in [6.45, 7) is 4.13. The Morgan fingerprint density at radius 1 is 1.40 bits per heavy atom. The molecule has 1 aromatic rings. The molecular weight excluding hydrogens is 320 g/mol. The Morgan fingerprint density at radius 3 is 2.84 bits per heavy atom. The summed E-state index contributed by atoms with van der Waals surface area (Å²) in [5.41, 5.74) is 1.11. The van der Waals surface area contributed by atoms with Gasteiger partial charge in [0.2, 0.25) is 0 Å². The molecule has 1 aliphatic heterocycles. The number of anilines is 1. The van der Waals surface area contributed by atoms with Crippen LogP contribution in [-0.4, -0.2) is 58.9 Å². The lowest BCUT2D eigenvalue weighted by atomic mass is 10.2. The predicted molar refractivity (Wildman–Crippen MR) is 99.3 cm³/mol. The Labute approximate surface area is 149 Å². The Hall–Kier alpha value is -2.44. The van der Waals surface area contributed by atoms with Gasteiger partial charge in [-0.25, -0.2) is 0 Å². The standard InChI is InChI=1S/C18H28N4O3/c1-13(17(23)25-4)11-20-18(19-2)21-14-9-10-22(12-14)15-7-5-6-8-16(15)24-3/h5-8,13-14H,9-12H2,1-4H3,(H2,19,20,21). The number of carbonyl (C=O) groups excluding carboxylic acids is 1. The zero-order valence-corrected chi connectivity index (χ0v) is 15.4. The van der Waals surface area contributed by atoms with E-state index in [0.717, 1.165) is 30.9 Å². The first-order valence-electron chi connectivity index (χ1n) is 8.52. The van der Waals surface area contributed by atoms with Gasteiger partial charge in [-0.3, -0.25) is 9.79 Å². The van der Waals surface area contributed by atoms with Crippen LogP contribution in [0.25, 0.3) is 0 Å². The van der Waals surface area contributed by atoms with Crippen molar-refractivity contribution in [2.75, 3.05) is 45.8 Å². The van der Waals surface area contributed by atoms with E-state index < -0.39 is 0 Å². The second-order valence-corrected chi connectivity index (χ2v) is 6.13. The monoisotopic (exact) mass is 348 g/mol. The fraction of sp³-hybridized carbons (Fsp3) is 0.556. The highest BCUT2D eigenvalue weighted by Crippen LogP contribution is 2.30. The topological polar surface area (TPSA) is 75.2 Å². The largest absolute Gasteiger partial charge is 0.495 e. The maximum absolute atomic E-state index is 11.5. The smallest absolute Gasteiger partial charge is 0.310 e. The van der Waals surface area contributed by atoms with Crippen molar-refractivity contribution >= 4 is 17.6 Å². The van der Waals surface area contributed by atoms with Crippen molar-refractivity contribution in [3.8, 4) is 5.75 Å². The van der Waals surface area contributed by atoms with Crippen LogP contribution in [0.15, 0.2) is 29.3 Å². The van der Waals surface area contributed by atoms with Crippen LogP contribution in [0.1, 0.15) is 13.3 Å². The Balaban J connectivity index is 1.88. The van der Waals surface area contributed by atoms with E-state index in [-0.39, 0.29) is 17.9 Å². The van der Waals surface area contributed by atoms with E-state index in [9.17, 15) is 4.79 Å². The van der Waals surface area contributed by atoms with Gasteiger partial charge in [-0.05, 0) is 18.6 Å². The van der Waals surface area contributed by atoms with Gasteiger partial charge in [0.15, 0.2) is 5.96 Å². The van der Waals surface area contributed by atoms with Crippen LogP contribution in [0, 0.1) is 5.92 Å². The number of esters is 1. The number of rotatable bonds is 6. The maximum Gasteiger partial charge on any atom is 0.310 e. The molecule has 0 aromatic heterocycles. The molecule has 138 valence electrons. The van der Waals surface area contributed by atoms with Crippen LogP contribution in [0.2, 0.25) is 0 Å². The van der Waals surface area contributed by atoms with Gasteiger partial charge in [-0.1, -0.05) is 19.1 Å². The molecule has 0 amide bonds. The highest BCUT2D eigenvalue weighted by molar-refractivity contribution is 5.81. The molecule has 0 saturated carbocycles. The Morgan fingerprint density at radius 2 is 2.16 bits per heavy atom. The quantitative estimate of drug-likeness (QED) is 0.458. The summed E-state index contributed by atoms with van der Waals surface area (Å²) in [7, 11) is 4.82. The van der Waals surface area contributed by atoms with Crippen LogP contribution < -0.4 is 20.3 Å². The number of nitrogens with zero attached hydrogens (tertiary/aromatic N) is 2. The van der Waals surface area contributed by atoms with Crippen molar-refractivity contribution in [3.63, 3.8) is 0 Å². The summed E-state index contributed by atoms with van der Waals surface area (Å²) in [6.07, 6.45) is 1.01. The highest BCUT2D eigenvalue weighted by atomic mass is 16.5. The Kier molecular flexibility index (Phi) is 6.91. The number of guanidine groups is 1. The average molecular weight is 348 g/mol. The van der Waals surface area contributed by atoms with Crippen LogP contribution in [0.5, 0.6) is 5.75 Å². The number of hydrogen-bond acceptors (Lipinski definition) is 5. The van der Waals surface area contributed by atoms with E-state index in [0.29, 0.717) is 12.5 Å². The normalized spacial score (nSPS) is 18.6. The van der Waals surface area contributed by atoms with Crippen molar-refractivity contribution in [1.82, 2.24) is 10.6 Å². The fourth-order valence-corrected chi connectivity index (χ4v) is 2.91. The molecule has 0 bridgehead atoms. The van der Waals surface area contributed by atoms with Gasteiger partial charge < -0.3 is 25.0 Å². The van der Waals surface area contributed by atoms with Gasteiger partial charge in [0.25, 0.3) is 0 Å². The molecule has 1 fully saturated rings. The molecule has 1 saturated heterocycles. The summed E-state index contributed by atoms with van der Waals surface area (Å²) in [5, 5.41) is 6.60. The second-order valence-electron chi connectivity index (χ2n) is 6.13. The number of nitrogens with one attached hydrogen (secondary N) is 2. The molecule has 25 heavy (non-hydrogen) atoms. The third-order valence-electron chi connectivity index (χ3n) is 4.36. The van der Waals surface area contributed by atoms with Crippen molar-refractivity contribution in [3.05, 3.63) is 24.3 Å². The minimum Gasteiger partial charge on any atom is -0.495 e. The minimum absolute atomic E-state index is 0.225. The van der Waals surface area contributed by atoms with Gasteiger partial charge in [0.1, 0.15) is 5.75 Å². The van der Waals surface area contributed by atoms with Crippen molar-refractivity contribution < 1.29 is 14.3 Å². The molecule has 0 spiro atoms. The highest BCUT2D eigenvalue weighted by Gasteiger charge is 2.25. The van der Waals surface area contributed by atoms with Gasteiger partial charge in [0.05, 0.1) is 25.8 Å². The number of benzene rings is 1. The van der Waals surface area contributed by atoms with Crippen molar-refractivity contribution in [2.45, 2.75) is 19.4 Å². The van der Waals surface area contributed by atoms with Gasteiger partial charge in [-0.15, -0.1) is 0 Å². The molecule has 1 heterocycles. The lowest BCUT2D eigenvalue weighted by Gasteiger charge is -2.22. The summed E-state index contributed by atoms with van der Waals surface area (Å²) in [5.74, 6) is 1.13. The van der Waals surface area contributed by atoms with E-state index in [1.54, 1.807) is 14.2 Å². The molecule has 2 unspecified atom stereocenters. The molecular formula is C18H28N4O3. The molecule has 7 heteroatoms. The molecule has 0 aliphatic carbocycles. The fourth-order valence-electron chi connectivity index (χ4n) is 2.91. The minimum atomic E-state index is -0.230. The maximum atomic E-state index is 11.5. The second kappa shape index (κ2) is 9.15. The number of methoxy groups -OCH3 is 2. The number of para-hydroxylation sites is 2. The van der Waals surface area contributed by atoms with Crippen molar-refractivity contribution in [1.29, 1.82) is 0 Å². The lowest BCUT2D eigenvalue weighted by molar-refractivity contribution is -0.144. The van der Waals surface area contributed by atoms with Gasteiger partial charge in [-0.2, -0.15) is 0 Å². The number of carbonyl (C=O) groups is 1. The zero-order chi connectivity index (χ0) is 18.2. The van der Waals surface area contributed by atoms with Gasteiger partial charge >= 0.3 is 5.97 Å². The first-order chi connectivity index (χ1) is 12.1. The molecule has 2 N–H and O–H groups in total. The molecule has 7 nitrogen and oxygen atoms in total. The van der Waals surface area contributed by atoms with Crippen LogP contribution in [-0.2, 0) is 9.53 Å². The number of hydrogen-bond donors (Lipinski definition) is 2. The molecule has 0 radical (unpaired) electrons. The third-order valence-corrected chi connectivity index (χ3v) is 4.36. The average Bonchev–Trinajstić information content (AvgIpc) is 3.12. The molecule has 2 rings (SSSR count). The van der Waals surface area contributed by atoms with Crippen LogP contribution in [0.3, 0.4) is 0 Å². The number of ether oxygens (including phenoxy) is 2. The van der Waals surface area contributed by atoms with Gasteiger partial charge in [0, 0.05) is 32.7 Å². The van der Waals surface area contributed by atoms with E-state index in [1.165, 1.54) is 7.11 Å². The predicted octanol–water partition coefficient (Wildman–Crippen LogP) is 1.25.